The number of piperidine rings is 1. The SMILES string of the molecule is CNC1CCCN(c2cncc(C#N)c2-c2ccc(CNC(=O)c3cn(C(C)(C)C)nn3)c(C)c2F)C1. The molecule has 2 N–H and O–H groups in total. The van der Waals surface area contributed by atoms with Crippen LogP contribution in [0.25, 0.3) is 11.1 Å². The number of carbonyl (C=O) groups excluding carboxylic acids is 1. The first-order chi connectivity index (χ1) is 17.6. The average Bonchev–Trinajstić information content (AvgIpc) is 3.40. The topological polar surface area (TPSA) is 112 Å². The summed E-state index contributed by atoms with van der Waals surface area (Å²) in [5.74, 6) is -0.802. The van der Waals surface area contributed by atoms with Crippen LogP contribution in [-0.2, 0) is 12.1 Å². The number of benzene rings is 1. The van der Waals surface area contributed by atoms with E-state index in [1.807, 2.05) is 27.8 Å². The van der Waals surface area contributed by atoms with Crippen molar-refractivity contribution in [3.8, 4) is 17.2 Å². The first-order valence-electron chi connectivity index (χ1n) is 12.4. The Kier molecular flexibility index (Phi) is 7.55. The summed E-state index contributed by atoms with van der Waals surface area (Å²) in [5.41, 5.74) is 2.93. The minimum atomic E-state index is -0.420. The Bertz CT molecular complexity index is 1340. The molecule has 1 amide bonds. The van der Waals surface area contributed by atoms with E-state index in [1.54, 1.807) is 36.1 Å². The van der Waals surface area contributed by atoms with Crippen LogP contribution in [0.15, 0.2) is 30.7 Å². The molecule has 1 fully saturated rings. The second-order valence-electron chi connectivity index (χ2n) is 10.4. The molecule has 9 nitrogen and oxygen atoms in total. The molecule has 2 aromatic heterocycles. The highest BCUT2D eigenvalue weighted by atomic mass is 19.1. The van der Waals surface area contributed by atoms with Gasteiger partial charge in [-0.15, -0.1) is 5.10 Å². The highest BCUT2D eigenvalue weighted by Crippen LogP contribution is 2.37. The van der Waals surface area contributed by atoms with Gasteiger partial charge in [0, 0.05) is 43.0 Å². The highest BCUT2D eigenvalue weighted by Gasteiger charge is 2.25. The molecule has 37 heavy (non-hydrogen) atoms. The Morgan fingerprint density at radius 3 is 2.76 bits per heavy atom. The summed E-state index contributed by atoms with van der Waals surface area (Å²) < 4.78 is 17.5. The van der Waals surface area contributed by atoms with E-state index >= 15 is 4.39 Å². The number of nitrogens with one attached hydrogen (secondary N) is 2. The Morgan fingerprint density at radius 1 is 1.30 bits per heavy atom. The molecule has 0 radical (unpaired) electrons. The van der Waals surface area contributed by atoms with Crippen molar-refractivity contribution >= 4 is 11.6 Å². The van der Waals surface area contributed by atoms with E-state index in [9.17, 15) is 10.1 Å². The van der Waals surface area contributed by atoms with Crippen LogP contribution in [0.3, 0.4) is 0 Å². The molecule has 3 heterocycles. The number of halogens is 1. The van der Waals surface area contributed by atoms with Crippen LogP contribution in [-0.4, -0.2) is 52.1 Å². The molecule has 1 unspecified atom stereocenters. The first-order valence-corrected chi connectivity index (χ1v) is 12.4. The number of anilines is 1. The fourth-order valence-electron chi connectivity index (χ4n) is 4.56. The van der Waals surface area contributed by atoms with Crippen LogP contribution >= 0.6 is 0 Å². The Labute approximate surface area is 216 Å². The van der Waals surface area contributed by atoms with Gasteiger partial charge < -0.3 is 15.5 Å². The summed E-state index contributed by atoms with van der Waals surface area (Å²) in [6.45, 7) is 9.28. The number of pyridine rings is 1. The number of nitrogens with zero attached hydrogens (tertiary/aromatic N) is 6. The molecule has 1 saturated heterocycles. The number of carbonyl (C=O) groups is 1. The van der Waals surface area contributed by atoms with Crippen molar-refractivity contribution in [2.45, 2.75) is 58.7 Å². The maximum absolute atomic E-state index is 15.8. The number of hydrogen-bond acceptors (Lipinski definition) is 7. The number of amides is 1. The maximum Gasteiger partial charge on any atom is 0.273 e. The minimum Gasteiger partial charge on any atom is -0.368 e. The third kappa shape index (κ3) is 5.47. The van der Waals surface area contributed by atoms with Crippen LogP contribution in [0.5, 0.6) is 0 Å². The third-order valence-corrected chi connectivity index (χ3v) is 6.84. The maximum atomic E-state index is 15.8. The van der Waals surface area contributed by atoms with Crippen molar-refractivity contribution in [3.05, 3.63) is 58.9 Å². The van der Waals surface area contributed by atoms with Gasteiger partial charge in [0.25, 0.3) is 5.91 Å². The smallest absolute Gasteiger partial charge is 0.273 e. The van der Waals surface area contributed by atoms with Gasteiger partial charge in [-0.1, -0.05) is 17.3 Å². The summed E-state index contributed by atoms with van der Waals surface area (Å²) in [5, 5.41) is 23.9. The molecule has 1 aromatic carbocycles. The van der Waals surface area contributed by atoms with Gasteiger partial charge in [0.1, 0.15) is 11.9 Å². The van der Waals surface area contributed by atoms with Gasteiger partial charge >= 0.3 is 0 Å². The fraction of sp³-hybridized carbons (Fsp3) is 0.444. The van der Waals surface area contributed by atoms with E-state index < -0.39 is 5.82 Å². The largest absolute Gasteiger partial charge is 0.368 e. The van der Waals surface area contributed by atoms with Crippen LogP contribution in [0.2, 0.25) is 0 Å². The van der Waals surface area contributed by atoms with Gasteiger partial charge in [0.15, 0.2) is 5.69 Å². The van der Waals surface area contributed by atoms with E-state index in [4.69, 9.17) is 0 Å². The van der Waals surface area contributed by atoms with Crippen molar-refractivity contribution in [3.63, 3.8) is 0 Å². The van der Waals surface area contributed by atoms with Crippen molar-refractivity contribution in [2.75, 3.05) is 25.0 Å². The van der Waals surface area contributed by atoms with E-state index in [2.05, 4.69) is 36.9 Å². The molecule has 1 aliphatic rings. The number of aromatic nitrogens is 4. The van der Waals surface area contributed by atoms with E-state index in [0.29, 0.717) is 33.9 Å². The van der Waals surface area contributed by atoms with Gasteiger partial charge in [0.05, 0.1) is 29.2 Å². The lowest BCUT2D eigenvalue weighted by atomic mass is 9.94. The van der Waals surface area contributed by atoms with E-state index in [1.165, 1.54) is 6.20 Å². The monoisotopic (exact) mass is 504 g/mol. The molecule has 0 spiro atoms. The van der Waals surface area contributed by atoms with Gasteiger partial charge in [-0.2, -0.15) is 5.26 Å². The lowest BCUT2D eigenvalue weighted by Crippen LogP contribution is -2.44. The number of hydrogen-bond donors (Lipinski definition) is 2. The lowest BCUT2D eigenvalue weighted by molar-refractivity contribution is 0.0945. The predicted molar refractivity (Wildman–Crippen MR) is 140 cm³/mol. The number of rotatable bonds is 6. The Hall–Kier alpha value is -3.84. The second-order valence-corrected chi connectivity index (χ2v) is 10.4. The summed E-state index contributed by atoms with van der Waals surface area (Å²) in [6.07, 6.45) is 6.84. The zero-order valence-electron chi connectivity index (χ0n) is 22.0. The molecule has 1 aliphatic heterocycles. The molecule has 0 saturated carbocycles. The fourth-order valence-corrected chi connectivity index (χ4v) is 4.56. The van der Waals surface area contributed by atoms with Crippen LogP contribution < -0.4 is 15.5 Å². The van der Waals surface area contributed by atoms with Crippen molar-refractivity contribution in [2.24, 2.45) is 0 Å². The Balaban J connectivity index is 1.61. The quantitative estimate of drug-likeness (QED) is 0.528. The number of likely N-dealkylation sites (N-methyl/N-ethyl adjacent to an activating group) is 1. The first kappa shape index (κ1) is 26.2. The van der Waals surface area contributed by atoms with Crippen LogP contribution in [0.1, 0.15) is 60.8 Å². The van der Waals surface area contributed by atoms with Gasteiger partial charge in [0.2, 0.25) is 0 Å². The predicted octanol–water partition coefficient (Wildman–Crippen LogP) is 3.53. The molecule has 1 atom stereocenters. The summed E-state index contributed by atoms with van der Waals surface area (Å²) in [4.78, 5) is 19.1. The lowest BCUT2D eigenvalue weighted by Gasteiger charge is -2.35. The third-order valence-electron chi connectivity index (χ3n) is 6.84. The summed E-state index contributed by atoms with van der Waals surface area (Å²) in [6, 6.07) is 5.97. The van der Waals surface area contributed by atoms with E-state index in [0.717, 1.165) is 31.6 Å². The van der Waals surface area contributed by atoms with Crippen LogP contribution in [0, 0.1) is 24.1 Å². The normalized spacial score (nSPS) is 15.9. The van der Waals surface area contributed by atoms with Crippen molar-refractivity contribution in [1.82, 2.24) is 30.6 Å². The van der Waals surface area contributed by atoms with Gasteiger partial charge in [-0.3, -0.25) is 9.78 Å². The molecular weight excluding hydrogens is 471 g/mol. The summed E-state index contributed by atoms with van der Waals surface area (Å²) in [7, 11) is 1.94. The second kappa shape index (κ2) is 10.6. The van der Waals surface area contributed by atoms with Gasteiger partial charge in [-0.05, 0) is 58.7 Å². The van der Waals surface area contributed by atoms with Crippen molar-refractivity contribution in [1.29, 1.82) is 5.26 Å². The number of nitriles is 1. The molecule has 194 valence electrons. The standard InChI is InChI=1S/C27H33FN8O/c1-17-18(13-32-26(37)22-16-36(34-33-22)27(2,3)4)8-9-21(25(17)28)24-19(11-29)12-31-14-23(24)35-10-6-7-20(15-35)30-5/h8-9,12,14,16,20,30H,6-7,10,13,15H2,1-5H3,(H,32,37). The molecule has 0 aliphatic carbocycles. The van der Waals surface area contributed by atoms with E-state index in [-0.39, 0.29) is 23.7 Å². The minimum absolute atomic E-state index is 0.133. The highest BCUT2D eigenvalue weighted by molar-refractivity contribution is 5.91. The average molecular weight is 505 g/mol. The molecule has 4 rings (SSSR count). The summed E-state index contributed by atoms with van der Waals surface area (Å²) >= 11 is 0. The molecule has 10 heteroatoms. The molecule has 3 aromatic rings. The molecular formula is C27H33FN8O. The molecule has 0 bridgehead atoms. The van der Waals surface area contributed by atoms with Gasteiger partial charge in [-0.25, -0.2) is 9.07 Å². The zero-order valence-corrected chi connectivity index (χ0v) is 22.0. The zero-order chi connectivity index (χ0) is 26.7. The Morgan fingerprint density at radius 2 is 2.08 bits per heavy atom. The van der Waals surface area contributed by atoms with Crippen molar-refractivity contribution < 1.29 is 9.18 Å². The van der Waals surface area contributed by atoms with Crippen LogP contribution in [0.4, 0.5) is 10.1 Å².